The molecule has 3 aliphatic heterocycles. The topological polar surface area (TPSA) is 114 Å². The normalized spacial score (nSPS) is 30.6. The van der Waals surface area contributed by atoms with Crippen LogP contribution in [0.25, 0.3) is 0 Å². The van der Waals surface area contributed by atoms with E-state index in [4.69, 9.17) is 22.1 Å². The zero-order valence-corrected chi connectivity index (χ0v) is 25.8. The summed E-state index contributed by atoms with van der Waals surface area (Å²) in [6.07, 6.45) is 3.77. The van der Waals surface area contributed by atoms with Crippen LogP contribution >= 0.6 is 11.6 Å². The van der Waals surface area contributed by atoms with Gasteiger partial charge in [0.1, 0.15) is 5.82 Å². The van der Waals surface area contributed by atoms with Gasteiger partial charge in [0.15, 0.2) is 0 Å². The second-order valence-electron chi connectivity index (χ2n) is 12.2. The smallest absolute Gasteiger partial charge is 0.241 e. The number of benzene rings is 2. The lowest BCUT2D eigenvalue weighted by Crippen LogP contribution is -2.57. The maximum absolute atomic E-state index is 15.2. The average Bonchev–Trinajstić information content (AvgIpc) is 3.05. The van der Waals surface area contributed by atoms with Crippen molar-refractivity contribution in [2.75, 3.05) is 24.2 Å². The summed E-state index contributed by atoms with van der Waals surface area (Å²) in [5, 5.41) is 6.98. The molecule has 0 aliphatic carbocycles. The molecule has 3 aliphatic rings. The number of anilines is 1. The minimum atomic E-state index is -3.36. The fraction of sp³-hybridized carbons (Fsp3) is 0.581. The second-order valence-corrected chi connectivity index (χ2v) is 14.7. The van der Waals surface area contributed by atoms with E-state index in [2.05, 4.69) is 10.6 Å². The molecular weight excluding hydrogens is 579 g/mol. The first-order chi connectivity index (χ1) is 20.0. The molecule has 3 saturated heterocycles. The van der Waals surface area contributed by atoms with Crippen molar-refractivity contribution in [3.63, 3.8) is 0 Å². The average molecular weight is 621 g/mol. The quantitative estimate of drug-likeness (QED) is 0.402. The summed E-state index contributed by atoms with van der Waals surface area (Å²) in [6.45, 7) is 5.03. The Morgan fingerprint density at radius 3 is 2.62 bits per heavy atom. The van der Waals surface area contributed by atoms with Gasteiger partial charge in [0, 0.05) is 47.4 Å². The van der Waals surface area contributed by atoms with Crippen LogP contribution in [0.2, 0.25) is 5.02 Å². The standard InChI is InChI=1S/C31H42ClFN4O4S/c1-19-15-22(16-20(2)41-19)29(21-8-10-23(32)11-9-21)30(34)31(38)36-28-7-3-6-27(33)26(28)13-12-25-17-35-24-5-4-14-42(39,40)37(25)18-24/h3,6-11,19-20,22,24-25,29-30,35H,4-5,12-18,34H2,1-2H3,(H,36,38)/t19-,20+,22+,24-,25+,29+,30+/m1/s1. The number of amides is 1. The van der Waals surface area contributed by atoms with E-state index < -0.39 is 27.8 Å². The first-order valence-corrected chi connectivity index (χ1v) is 17.0. The number of nitrogens with one attached hydrogen (secondary N) is 2. The number of halogens is 2. The lowest BCUT2D eigenvalue weighted by atomic mass is 9.74. The van der Waals surface area contributed by atoms with Gasteiger partial charge in [-0.2, -0.15) is 4.31 Å². The molecule has 8 nitrogen and oxygen atoms in total. The Morgan fingerprint density at radius 2 is 1.90 bits per heavy atom. The van der Waals surface area contributed by atoms with Gasteiger partial charge in [-0.25, -0.2) is 12.8 Å². The Hall–Kier alpha value is -2.08. The third-order valence-corrected chi connectivity index (χ3v) is 11.3. The van der Waals surface area contributed by atoms with E-state index >= 15 is 4.39 Å². The Labute approximate surface area is 253 Å². The number of nitrogens with zero attached hydrogens (tertiary/aromatic N) is 1. The summed E-state index contributed by atoms with van der Waals surface area (Å²) in [5.74, 6) is -0.882. The maximum Gasteiger partial charge on any atom is 0.241 e. The molecular formula is C31H42ClFN4O4S. The van der Waals surface area contributed by atoms with Gasteiger partial charge in [0.05, 0.1) is 24.0 Å². The summed E-state index contributed by atoms with van der Waals surface area (Å²) < 4.78 is 48.6. The number of piperazine rings is 1. The van der Waals surface area contributed by atoms with E-state index in [1.54, 1.807) is 28.6 Å². The molecule has 0 spiro atoms. The van der Waals surface area contributed by atoms with Crippen molar-refractivity contribution >= 4 is 33.2 Å². The lowest BCUT2D eigenvalue weighted by molar-refractivity contribution is -0.119. The summed E-state index contributed by atoms with van der Waals surface area (Å²) in [7, 11) is -3.36. The third kappa shape index (κ3) is 7.17. The number of fused-ring (bicyclic) bond motifs is 2. The van der Waals surface area contributed by atoms with E-state index in [9.17, 15) is 13.2 Å². The van der Waals surface area contributed by atoms with E-state index in [-0.39, 0.29) is 48.3 Å². The molecule has 2 aromatic carbocycles. The Morgan fingerprint density at radius 1 is 1.19 bits per heavy atom. The van der Waals surface area contributed by atoms with Gasteiger partial charge in [-0.15, -0.1) is 0 Å². The van der Waals surface area contributed by atoms with Gasteiger partial charge in [0.25, 0.3) is 0 Å². The van der Waals surface area contributed by atoms with Crippen LogP contribution in [0.3, 0.4) is 0 Å². The largest absolute Gasteiger partial charge is 0.376 e. The molecule has 11 heteroatoms. The SMILES string of the molecule is C[C@@H]1C[C@H]([C@H](c2ccc(Cl)cc2)[C@H](N)C(=O)Nc2cccc(F)c2CC[C@H]2CN[C@@H]3CCCS(=O)(=O)N2C3)C[C@H](C)O1. The van der Waals surface area contributed by atoms with Crippen molar-refractivity contribution < 1.29 is 22.3 Å². The molecule has 0 radical (unpaired) electrons. The molecule has 2 bridgehead atoms. The van der Waals surface area contributed by atoms with Gasteiger partial charge in [0.2, 0.25) is 15.9 Å². The molecule has 42 heavy (non-hydrogen) atoms. The highest BCUT2D eigenvalue weighted by atomic mass is 35.5. The van der Waals surface area contributed by atoms with Crippen LogP contribution in [0.1, 0.15) is 63.0 Å². The summed E-state index contributed by atoms with van der Waals surface area (Å²) in [5.41, 5.74) is 8.36. The Bertz CT molecular complexity index is 1350. The predicted octanol–water partition coefficient (Wildman–Crippen LogP) is 4.43. The monoisotopic (exact) mass is 620 g/mol. The number of hydrogen-bond acceptors (Lipinski definition) is 6. The van der Waals surface area contributed by atoms with E-state index in [1.165, 1.54) is 6.07 Å². The van der Waals surface area contributed by atoms with Crippen molar-refractivity contribution in [2.45, 2.75) is 88.6 Å². The van der Waals surface area contributed by atoms with E-state index in [1.807, 2.05) is 26.0 Å². The van der Waals surface area contributed by atoms with Crippen molar-refractivity contribution in [1.82, 2.24) is 9.62 Å². The Balaban J connectivity index is 1.34. The zero-order chi connectivity index (χ0) is 30.0. The minimum Gasteiger partial charge on any atom is -0.376 e. The van der Waals surface area contributed by atoms with Gasteiger partial charge in [-0.05, 0) is 88.1 Å². The molecule has 1 unspecified atom stereocenters. The highest BCUT2D eigenvalue weighted by Gasteiger charge is 2.39. The summed E-state index contributed by atoms with van der Waals surface area (Å²) >= 11 is 6.16. The fourth-order valence-corrected chi connectivity index (χ4v) is 9.01. The van der Waals surface area contributed by atoms with Gasteiger partial charge in [-0.3, -0.25) is 4.79 Å². The van der Waals surface area contributed by atoms with Crippen molar-refractivity contribution in [3.8, 4) is 0 Å². The fourth-order valence-electron chi connectivity index (χ4n) is 7.07. The molecule has 0 aromatic heterocycles. The number of sulfonamides is 1. The third-order valence-electron chi connectivity index (χ3n) is 9.05. The highest BCUT2D eigenvalue weighted by molar-refractivity contribution is 7.89. The predicted molar refractivity (Wildman–Crippen MR) is 164 cm³/mol. The van der Waals surface area contributed by atoms with Crippen LogP contribution < -0.4 is 16.4 Å². The lowest BCUT2D eigenvalue weighted by Gasteiger charge is -2.39. The van der Waals surface area contributed by atoms with Gasteiger partial charge < -0.3 is 21.1 Å². The van der Waals surface area contributed by atoms with E-state index in [0.717, 1.165) is 24.8 Å². The Kier molecular flexibility index (Phi) is 9.91. The molecule has 0 saturated carbocycles. The van der Waals surface area contributed by atoms with Crippen molar-refractivity contribution in [1.29, 1.82) is 0 Å². The maximum atomic E-state index is 15.2. The molecule has 230 valence electrons. The molecule has 3 heterocycles. The van der Waals surface area contributed by atoms with Crippen molar-refractivity contribution in [3.05, 3.63) is 64.4 Å². The number of carbonyl (C=O) groups is 1. The number of rotatable bonds is 8. The summed E-state index contributed by atoms with van der Waals surface area (Å²) in [6, 6.07) is 11.0. The number of nitrogens with two attached hydrogens (primary N) is 1. The number of ether oxygens (including phenoxy) is 1. The summed E-state index contributed by atoms with van der Waals surface area (Å²) in [4.78, 5) is 13.7. The first-order valence-electron chi connectivity index (χ1n) is 15.0. The van der Waals surface area contributed by atoms with Crippen LogP contribution in [0.5, 0.6) is 0 Å². The zero-order valence-electron chi connectivity index (χ0n) is 24.3. The molecule has 1 amide bonds. The van der Waals surface area contributed by atoms with Crippen LogP contribution in [-0.4, -0.2) is 67.8 Å². The molecule has 3 fully saturated rings. The van der Waals surface area contributed by atoms with Crippen LogP contribution in [-0.2, 0) is 26.0 Å². The van der Waals surface area contributed by atoms with Crippen LogP contribution in [0.15, 0.2) is 42.5 Å². The van der Waals surface area contributed by atoms with Crippen molar-refractivity contribution in [2.24, 2.45) is 11.7 Å². The molecule has 2 aromatic rings. The highest BCUT2D eigenvalue weighted by Crippen LogP contribution is 2.39. The second kappa shape index (κ2) is 13.3. The van der Waals surface area contributed by atoms with Gasteiger partial charge >= 0.3 is 0 Å². The number of carbonyl (C=O) groups excluding carboxylic acids is 1. The molecule has 8 atom stereocenters. The van der Waals surface area contributed by atoms with Crippen LogP contribution in [0, 0.1) is 11.7 Å². The number of hydrogen-bond donors (Lipinski definition) is 3. The molecule has 5 rings (SSSR count). The van der Waals surface area contributed by atoms with E-state index in [0.29, 0.717) is 42.2 Å². The van der Waals surface area contributed by atoms with Crippen LogP contribution in [0.4, 0.5) is 10.1 Å². The first kappa shape index (κ1) is 31.3. The minimum absolute atomic E-state index is 0.0382. The molecule has 4 N–H and O–H groups in total. The van der Waals surface area contributed by atoms with Gasteiger partial charge in [-0.1, -0.05) is 29.8 Å².